The Kier molecular flexibility index (Phi) is 6.10. The number of nitrogens with one attached hydrogen (secondary N) is 1. The van der Waals surface area contributed by atoms with Gasteiger partial charge in [-0.3, -0.25) is 0 Å². The fourth-order valence-electron chi connectivity index (χ4n) is 3.01. The molecule has 0 aliphatic carbocycles. The molecule has 4 rings (SSSR count). The number of benzene rings is 2. The number of halogens is 1. The van der Waals surface area contributed by atoms with Crippen molar-refractivity contribution in [3.8, 4) is 11.5 Å². The maximum Gasteiger partial charge on any atom is 0.193 e. The first-order valence-electron chi connectivity index (χ1n) is 8.64. The van der Waals surface area contributed by atoms with Gasteiger partial charge in [-0.25, -0.2) is 4.99 Å². The highest BCUT2D eigenvalue weighted by atomic mass is 127. The Morgan fingerprint density at radius 3 is 2.74 bits per heavy atom. The van der Waals surface area contributed by atoms with Gasteiger partial charge in [-0.2, -0.15) is 0 Å². The molecule has 1 aromatic heterocycles. The third-order valence-electron chi connectivity index (χ3n) is 4.33. The summed E-state index contributed by atoms with van der Waals surface area (Å²) >= 11 is 0. The molecule has 0 amide bonds. The number of hydrogen-bond donors (Lipinski definition) is 2. The molecule has 0 bridgehead atoms. The Balaban J connectivity index is 0.00000210. The standard InChI is InChI=1S/C20H21N3O3.HI/c1-13-16(15-5-2-3-6-17(15)26-13)12-22-20(21)23-14-7-8-18-19(11-14)25-10-4-9-24-18;/h2-3,5-8,11H,4,9-10,12H2,1H3,(H3,21,22,23);1H. The lowest BCUT2D eigenvalue weighted by molar-refractivity contribution is 0.297. The van der Waals surface area contributed by atoms with Crippen LogP contribution in [0.25, 0.3) is 11.0 Å². The smallest absolute Gasteiger partial charge is 0.193 e. The molecule has 1 aliphatic rings. The van der Waals surface area contributed by atoms with Gasteiger partial charge in [0.15, 0.2) is 17.5 Å². The van der Waals surface area contributed by atoms with Crippen molar-refractivity contribution in [2.45, 2.75) is 19.9 Å². The maximum atomic E-state index is 6.06. The van der Waals surface area contributed by atoms with Gasteiger partial charge in [-0.15, -0.1) is 24.0 Å². The normalized spacial score (nSPS) is 13.7. The molecule has 6 nitrogen and oxygen atoms in total. The molecular formula is C20H22IN3O3. The van der Waals surface area contributed by atoms with Crippen molar-refractivity contribution in [2.24, 2.45) is 10.7 Å². The molecule has 3 N–H and O–H groups in total. The summed E-state index contributed by atoms with van der Waals surface area (Å²) in [5, 5.41) is 4.17. The summed E-state index contributed by atoms with van der Waals surface area (Å²) in [4.78, 5) is 4.45. The van der Waals surface area contributed by atoms with Crippen LogP contribution in [-0.4, -0.2) is 19.2 Å². The van der Waals surface area contributed by atoms with E-state index in [1.165, 1.54) is 0 Å². The van der Waals surface area contributed by atoms with E-state index in [9.17, 15) is 0 Å². The highest BCUT2D eigenvalue weighted by Gasteiger charge is 2.12. The maximum absolute atomic E-state index is 6.06. The van der Waals surface area contributed by atoms with Gasteiger partial charge in [0.2, 0.25) is 0 Å². The lowest BCUT2D eigenvalue weighted by Gasteiger charge is -2.10. The molecule has 142 valence electrons. The Morgan fingerprint density at radius 2 is 1.89 bits per heavy atom. The van der Waals surface area contributed by atoms with Gasteiger partial charge in [0, 0.05) is 29.1 Å². The average Bonchev–Trinajstić information content (AvgIpc) is 2.79. The van der Waals surface area contributed by atoms with E-state index in [-0.39, 0.29) is 24.0 Å². The molecule has 2 heterocycles. The van der Waals surface area contributed by atoms with Crippen molar-refractivity contribution >= 4 is 46.6 Å². The lowest BCUT2D eigenvalue weighted by atomic mass is 10.1. The van der Waals surface area contributed by atoms with Crippen molar-refractivity contribution in [3.63, 3.8) is 0 Å². The second kappa shape index (κ2) is 8.51. The number of nitrogens with zero attached hydrogens (tertiary/aromatic N) is 1. The second-order valence-electron chi connectivity index (χ2n) is 6.17. The van der Waals surface area contributed by atoms with Crippen LogP contribution < -0.4 is 20.5 Å². The van der Waals surface area contributed by atoms with E-state index >= 15 is 0 Å². The molecule has 7 heteroatoms. The second-order valence-corrected chi connectivity index (χ2v) is 6.17. The Morgan fingerprint density at radius 1 is 1.11 bits per heavy atom. The zero-order chi connectivity index (χ0) is 17.9. The van der Waals surface area contributed by atoms with Crippen LogP contribution in [0, 0.1) is 6.92 Å². The minimum absolute atomic E-state index is 0. The van der Waals surface area contributed by atoms with E-state index in [1.807, 2.05) is 49.4 Å². The average molecular weight is 479 g/mol. The number of guanidine groups is 1. The molecule has 2 aromatic carbocycles. The number of para-hydroxylation sites is 1. The number of aliphatic imine (C=N–C) groups is 1. The Hall–Kier alpha value is -2.42. The van der Waals surface area contributed by atoms with E-state index in [2.05, 4.69) is 10.3 Å². The van der Waals surface area contributed by atoms with Crippen molar-refractivity contribution < 1.29 is 13.9 Å². The number of aryl methyl sites for hydroxylation is 1. The molecule has 3 aromatic rings. The number of nitrogens with two attached hydrogens (primary N) is 1. The number of fused-ring (bicyclic) bond motifs is 2. The van der Waals surface area contributed by atoms with E-state index < -0.39 is 0 Å². The molecule has 0 unspecified atom stereocenters. The number of rotatable bonds is 3. The van der Waals surface area contributed by atoms with Gasteiger partial charge in [0.1, 0.15) is 11.3 Å². The van der Waals surface area contributed by atoms with Crippen molar-refractivity contribution in [3.05, 3.63) is 53.8 Å². The summed E-state index contributed by atoms with van der Waals surface area (Å²) in [6.07, 6.45) is 0.874. The van der Waals surface area contributed by atoms with Gasteiger partial charge in [-0.1, -0.05) is 18.2 Å². The van der Waals surface area contributed by atoms with Crippen LogP contribution >= 0.6 is 24.0 Å². The van der Waals surface area contributed by atoms with E-state index in [0.29, 0.717) is 25.7 Å². The van der Waals surface area contributed by atoms with Crippen LogP contribution in [-0.2, 0) is 6.54 Å². The first-order valence-corrected chi connectivity index (χ1v) is 8.64. The molecular weight excluding hydrogens is 457 g/mol. The molecule has 27 heavy (non-hydrogen) atoms. The summed E-state index contributed by atoms with van der Waals surface area (Å²) < 4.78 is 17.1. The van der Waals surface area contributed by atoms with Gasteiger partial charge < -0.3 is 24.9 Å². The number of furan rings is 1. The summed E-state index contributed by atoms with van der Waals surface area (Å²) in [7, 11) is 0. The number of hydrogen-bond acceptors (Lipinski definition) is 4. The molecule has 0 fully saturated rings. The van der Waals surface area contributed by atoms with Gasteiger partial charge in [0.25, 0.3) is 0 Å². The van der Waals surface area contributed by atoms with E-state index in [4.69, 9.17) is 19.6 Å². The zero-order valence-electron chi connectivity index (χ0n) is 15.0. The van der Waals surface area contributed by atoms with Crippen molar-refractivity contribution in [2.75, 3.05) is 18.5 Å². The summed E-state index contributed by atoms with van der Waals surface area (Å²) in [6, 6.07) is 13.6. The van der Waals surface area contributed by atoms with Gasteiger partial charge in [-0.05, 0) is 25.1 Å². The minimum atomic E-state index is 0. The quantitative estimate of drug-likeness (QED) is 0.330. The minimum Gasteiger partial charge on any atom is -0.490 e. The van der Waals surface area contributed by atoms with Crippen LogP contribution in [0.1, 0.15) is 17.7 Å². The Bertz CT molecular complexity index is 968. The molecule has 0 atom stereocenters. The van der Waals surface area contributed by atoms with Crippen LogP contribution in [0.2, 0.25) is 0 Å². The first-order chi connectivity index (χ1) is 12.7. The summed E-state index contributed by atoms with van der Waals surface area (Å²) in [5.74, 6) is 2.67. The monoisotopic (exact) mass is 479 g/mol. The Labute approximate surface area is 174 Å². The van der Waals surface area contributed by atoms with Crippen LogP contribution in [0.15, 0.2) is 51.9 Å². The first kappa shape index (κ1) is 19.3. The molecule has 1 aliphatic heterocycles. The predicted octanol–water partition coefficient (Wildman–Crippen LogP) is 4.45. The number of anilines is 1. The van der Waals surface area contributed by atoms with Gasteiger partial charge in [0.05, 0.1) is 19.8 Å². The highest BCUT2D eigenvalue weighted by molar-refractivity contribution is 14.0. The zero-order valence-corrected chi connectivity index (χ0v) is 17.4. The SMILES string of the molecule is Cc1oc2ccccc2c1CN=C(N)Nc1ccc2c(c1)OCCCO2.I. The third-order valence-corrected chi connectivity index (χ3v) is 4.33. The van der Waals surface area contributed by atoms with Crippen molar-refractivity contribution in [1.82, 2.24) is 0 Å². The summed E-state index contributed by atoms with van der Waals surface area (Å²) in [5.41, 5.74) is 8.78. The van der Waals surface area contributed by atoms with Crippen LogP contribution in [0.3, 0.4) is 0 Å². The largest absolute Gasteiger partial charge is 0.490 e. The highest BCUT2D eigenvalue weighted by Crippen LogP contribution is 2.32. The van der Waals surface area contributed by atoms with E-state index in [1.54, 1.807) is 0 Å². The molecule has 0 saturated heterocycles. The third kappa shape index (κ3) is 4.29. The summed E-state index contributed by atoms with van der Waals surface area (Å²) in [6.45, 7) is 3.71. The van der Waals surface area contributed by atoms with Crippen LogP contribution in [0.4, 0.5) is 5.69 Å². The topological polar surface area (TPSA) is 82.0 Å². The predicted molar refractivity (Wildman–Crippen MR) is 117 cm³/mol. The lowest BCUT2D eigenvalue weighted by Crippen LogP contribution is -2.22. The molecule has 0 radical (unpaired) electrons. The van der Waals surface area contributed by atoms with Gasteiger partial charge >= 0.3 is 0 Å². The number of ether oxygens (including phenoxy) is 2. The fraction of sp³-hybridized carbons (Fsp3) is 0.250. The van der Waals surface area contributed by atoms with Crippen molar-refractivity contribution in [1.29, 1.82) is 0 Å². The molecule has 0 saturated carbocycles. The molecule has 0 spiro atoms. The van der Waals surface area contributed by atoms with Crippen LogP contribution in [0.5, 0.6) is 11.5 Å². The van der Waals surface area contributed by atoms with E-state index in [0.717, 1.165) is 45.9 Å². The fourth-order valence-corrected chi connectivity index (χ4v) is 3.01.